The molecular weight excluding hydrogens is 370 g/mol. The molecule has 0 spiro atoms. The van der Waals surface area contributed by atoms with Crippen molar-refractivity contribution in [3.05, 3.63) is 24.0 Å². The van der Waals surface area contributed by atoms with Crippen molar-refractivity contribution >= 4 is 5.97 Å². The van der Waals surface area contributed by atoms with Crippen LogP contribution in [0.2, 0.25) is 0 Å². The number of hydrogen-bond acceptors (Lipinski definition) is 3. The molecule has 0 saturated heterocycles. The van der Waals surface area contributed by atoms with E-state index in [4.69, 9.17) is 4.74 Å². The molecule has 1 heterocycles. The molecule has 30 heavy (non-hydrogen) atoms. The highest BCUT2D eigenvalue weighted by atomic mass is 16.5. The lowest BCUT2D eigenvalue weighted by Crippen LogP contribution is -2.26. The third kappa shape index (κ3) is 7.39. The molecule has 0 aromatic carbocycles. The number of nitrogens with zero attached hydrogens (tertiary/aromatic N) is 1. The van der Waals surface area contributed by atoms with Gasteiger partial charge in [-0.1, -0.05) is 58.8 Å². The summed E-state index contributed by atoms with van der Waals surface area (Å²) in [5, 5.41) is 0. The van der Waals surface area contributed by atoms with Crippen molar-refractivity contribution in [3.8, 4) is 5.75 Å². The SMILES string of the molecule is CCCCC1CCC(C2CCC(CCc3ccc(OC(=O)CCC)cn3)CC2)CC1. The summed E-state index contributed by atoms with van der Waals surface area (Å²) in [6, 6.07) is 3.92. The minimum Gasteiger partial charge on any atom is -0.425 e. The van der Waals surface area contributed by atoms with Gasteiger partial charge in [-0.2, -0.15) is 0 Å². The molecule has 2 aliphatic rings. The van der Waals surface area contributed by atoms with Crippen LogP contribution >= 0.6 is 0 Å². The minimum absolute atomic E-state index is 0.168. The summed E-state index contributed by atoms with van der Waals surface area (Å²) in [5.41, 5.74) is 1.12. The average Bonchev–Trinajstić information content (AvgIpc) is 2.78. The highest BCUT2D eigenvalue weighted by Crippen LogP contribution is 2.43. The van der Waals surface area contributed by atoms with Gasteiger partial charge in [0.1, 0.15) is 5.75 Å². The predicted octanol–water partition coefficient (Wildman–Crippen LogP) is 7.52. The van der Waals surface area contributed by atoms with Crippen LogP contribution in [0.3, 0.4) is 0 Å². The first-order valence-corrected chi connectivity index (χ1v) is 12.8. The second kappa shape index (κ2) is 12.5. The van der Waals surface area contributed by atoms with Crippen molar-refractivity contribution in [2.45, 2.75) is 110 Å². The van der Waals surface area contributed by atoms with E-state index in [1.54, 1.807) is 6.20 Å². The maximum Gasteiger partial charge on any atom is 0.311 e. The van der Waals surface area contributed by atoms with E-state index in [9.17, 15) is 4.79 Å². The van der Waals surface area contributed by atoms with Gasteiger partial charge in [0.25, 0.3) is 0 Å². The fourth-order valence-corrected chi connectivity index (χ4v) is 5.75. The van der Waals surface area contributed by atoms with E-state index in [0.717, 1.165) is 42.2 Å². The van der Waals surface area contributed by atoms with E-state index in [0.29, 0.717) is 12.2 Å². The molecule has 0 bridgehead atoms. The Morgan fingerprint density at radius 1 is 0.900 bits per heavy atom. The molecule has 1 aromatic rings. The molecule has 1 aromatic heterocycles. The van der Waals surface area contributed by atoms with Crippen LogP contribution in [0.4, 0.5) is 0 Å². The standard InChI is InChI=1S/C27H43NO2/c1-3-5-7-21-8-13-23(14-9-21)24-15-10-22(11-16-24)12-17-25-18-19-26(20-28-25)30-27(29)6-4-2/h18-24H,3-17H2,1-2H3. The van der Waals surface area contributed by atoms with Crippen molar-refractivity contribution in [1.82, 2.24) is 4.98 Å². The van der Waals surface area contributed by atoms with Crippen LogP contribution in [0.1, 0.15) is 109 Å². The quantitative estimate of drug-likeness (QED) is 0.372. The zero-order chi connectivity index (χ0) is 21.2. The van der Waals surface area contributed by atoms with Crippen molar-refractivity contribution in [1.29, 1.82) is 0 Å². The highest BCUT2D eigenvalue weighted by molar-refractivity contribution is 5.72. The van der Waals surface area contributed by atoms with Gasteiger partial charge in [-0.3, -0.25) is 9.78 Å². The van der Waals surface area contributed by atoms with E-state index in [1.807, 2.05) is 19.1 Å². The number of carbonyl (C=O) groups is 1. The van der Waals surface area contributed by atoms with E-state index in [1.165, 1.54) is 77.0 Å². The normalized spacial score (nSPS) is 27.0. The van der Waals surface area contributed by atoms with Crippen LogP contribution in [0.5, 0.6) is 5.75 Å². The van der Waals surface area contributed by atoms with Gasteiger partial charge in [-0.15, -0.1) is 0 Å². The van der Waals surface area contributed by atoms with E-state index < -0.39 is 0 Å². The highest BCUT2D eigenvalue weighted by Gasteiger charge is 2.30. The van der Waals surface area contributed by atoms with E-state index in [-0.39, 0.29) is 5.97 Å². The van der Waals surface area contributed by atoms with Gasteiger partial charge in [0, 0.05) is 12.1 Å². The second-order valence-electron chi connectivity index (χ2n) is 9.95. The molecular formula is C27H43NO2. The number of pyridine rings is 1. The largest absolute Gasteiger partial charge is 0.425 e. The number of aromatic nitrogens is 1. The lowest BCUT2D eigenvalue weighted by atomic mass is 9.68. The molecule has 168 valence electrons. The number of hydrogen-bond donors (Lipinski definition) is 0. The van der Waals surface area contributed by atoms with Gasteiger partial charge < -0.3 is 4.74 Å². The molecule has 2 aliphatic carbocycles. The van der Waals surface area contributed by atoms with Gasteiger partial charge in [-0.25, -0.2) is 0 Å². The van der Waals surface area contributed by atoms with Gasteiger partial charge in [-0.05, 0) is 80.8 Å². The third-order valence-corrected chi connectivity index (χ3v) is 7.71. The molecule has 0 radical (unpaired) electrons. The van der Waals surface area contributed by atoms with Crippen molar-refractivity contribution in [2.75, 3.05) is 0 Å². The summed E-state index contributed by atoms with van der Waals surface area (Å²) in [6.07, 6.45) is 21.3. The van der Waals surface area contributed by atoms with Gasteiger partial charge in [0.15, 0.2) is 0 Å². The monoisotopic (exact) mass is 413 g/mol. The molecule has 0 unspecified atom stereocenters. The first kappa shape index (κ1) is 23.3. The maximum absolute atomic E-state index is 11.6. The van der Waals surface area contributed by atoms with Crippen LogP contribution in [0.25, 0.3) is 0 Å². The zero-order valence-electron chi connectivity index (χ0n) is 19.4. The molecule has 0 N–H and O–H groups in total. The Morgan fingerprint density at radius 3 is 2.07 bits per heavy atom. The minimum atomic E-state index is -0.168. The van der Waals surface area contributed by atoms with Gasteiger partial charge in [0.05, 0.1) is 6.20 Å². The molecule has 0 atom stereocenters. The molecule has 0 aliphatic heterocycles. The van der Waals surface area contributed by atoms with Crippen molar-refractivity contribution in [3.63, 3.8) is 0 Å². The van der Waals surface area contributed by atoms with Gasteiger partial charge in [0.2, 0.25) is 0 Å². The van der Waals surface area contributed by atoms with E-state index in [2.05, 4.69) is 11.9 Å². The fraction of sp³-hybridized carbons (Fsp3) is 0.778. The smallest absolute Gasteiger partial charge is 0.311 e. The fourth-order valence-electron chi connectivity index (χ4n) is 5.75. The summed E-state index contributed by atoms with van der Waals surface area (Å²) in [6.45, 7) is 4.30. The number of unbranched alkanes of at least 4 members (excludes halogenated alkanes) is 1. The number of carbonyl (C=O) groups excluding carboxylic acids is 1. The summed E-state index contributed by atoms with van der Waals surface area (Å²) in [7, 11) is 0. The van der Waals surface area contributed by atoms with Gasteiger partial charge >= 0.3 is 5.97 Å². The van der Waals surface area contributed by atoms with Crippen LogP contribution in [-0.2, 0) is 11.2 Å². The molecule has 2 saturated carbocycles. The molecule has 3 heteroatoms. The first-order valence-electron chi connectivity index (χ1n) is 12.8. The Kier molecular flexibility index (Phi) is 9.68. The summed E-state index contributed by atoms with van der Waals surface area (Å²) < 4.78 is 5.30. The lowest BCUT2D eigenvalue weighted by molar-refractivity contribution is -0.134. The van der Waals surface area contributed by atoms with Crippen LogP contribution in [-0.4, -0.2) is 11.0 Å². The third-order valence-electron chi connectivity index (χ3n) is 7.71. The Bertz CT molecular complexity index is 610. The number of aryl methyl sites for hydroxylation is 1. The maximum atomic E-state index is 11.6. The number of ether oxygens (including phenoxy) is 1. The van der Waals surface area contributed by atoms with Crippen LogP contribution in [0, 0.1) is 23.7 Å². The molecule has 3 nitrogen and oxygen atoms in total. The Labute approximate surface area is 184 Å². The van der Waals surface area contributed by atoms with Crippen LogP contribution < -0.4 is 4.74 Å². The van der Waals surface area contributed by atoms with Crippen LogP contribution in [0.15, 0.2) is 18.3 Å². The molecule has 2 fully saturated rings. The first-order chi connectivity index (χ1) is 14.7. The Hall–Kier alpha value is -1.38. The molecule has 3 rings (SSSR count). The average molecular weight is 414 g/mol. The number of rotatable bonds is 10. The Morgan fingerprint density at radius 2 is 1.53 bits per heavy atom. The molecule has 0 amide bonds. The zero-order valence-corrected chi connectivity index (χ0v) is 19.4. The predicted molar refractivity (Wildman–Crippen MR) is 124 cm³/mol. The lowest BCUT2D eigenvalue weighted by Gasteiger charge is -2.38. The van der Waals surface area contributed by atoms with Crippen molar-refractivity contribution in [2.24, 2.45) is 23.7 Å². The van der Waals surface area contributed by atoms with Crippen molar-refractivity contribution < 1.29 is 9.53 Å². The topological polar surface area (TPSA) is 39.2 Å². The summed E-state index contributed by atoms with van der Waals surface area (Å²) >= 11 is 0. The number of esters is 1. The summed E-state index contributed by atoms with van der Waals surface area (Å²) in [5.74, 6) is 4.33. The second-order valence-corrected chi connectivity index (χ2v) is 9.95. The Balaban J connectivity index is 1.33. The van der Waals surface area contributed by atoms with E-state index >= 15 is 0 Å². The summed E-state index contributed by atoms with van der Waals surface area (Å²) in [4.78, 5) is 16.1.